The Bertz CT molecular complexity index is 826. The lowest BCUT2D eigenvalue weighted by Gasteiger charge is -2.36. The topological polar surface area (TPSA) is 74.6 Å². The molecule has 1 unspecified atom stereocenters. The van der Waals surface area contributed by atoms with Crippen LogP contribution in [-0.2, 0) is 0 Å². The Morgan fingerprint density at radius 1 is 1.36 bits per heavy atom. The van der Waals surface area contributed by atoms with Gasteiger partial charge in [-0.3, -0.25) is 4.79 Å². The maximum absolute atomic E-state index is 12.7. The summed E-state index contributed by atoms with van der Waals surface area (Å²) in [6.07, 6.45) is 6.03. The second-order valence-electron chi connectivity index (χ2n) is 6.84. The van der Waals surface area contributed by atoms with Gasteiger partial charge in [-0.15, -0.1) is 0 Å². The van der Waals surface area contributed by atoms with E-state index in [4.69, 9.17) is 4.98 Å². The van der Waals surface area contributed by atoms with Gasteiger partial charge >= 0.3 is 0 Å². The van der Waals surface area contributed by atoms with E-state index in [1.807, 2.05) is 13.1 Å². The average molecular weight is 340 g/mol. The van der Waals surface area contributed by atoms with Crippen molar-refractivity contribution in [3.05, 3.63) is 30.1 Å². The van der Waals surface area contributed by atoms with Crippen LogP contribution in [-0.4, -0.2) is 51.5 Å². The molecule has 0 amide bonds. The minimum Gasteiger partial charge on any atom is -0.373 e. The fraction of sp³-hybridized carbons (Fsp3) is 0.500. The highest BCUT2D eigenvalue weighted by Gasteiger charge is 2.23. The lowest BCUT2D eigenvalue weighted by molar-refractivity contribution is 0.0980. The Labute approximate surface area is 147 Å². The van der Waals surface area contributed by atoms with Gasteiger partial charge in [-0.2, -0.15) is 9.61 Å². The first-order chi connectivity index (χ1) is 12.2. The summed E-state index contributed by atoms with van der Waals surface area (Å²) in [5.41, 5.74) is 2.34. The molecule has 1 atom stereocenters. The van der Waals surface area contributed by atoms with Crippen molar-refractivity contribution in [2.75, 3.05) is 30.8 Å². The highest BCUT2D eigenvalue weighted by molar-refractivity contribution is 6.01. The van der Waals surface area contributed by atoms with Gasteiger partial charge in [0.25, 0.3) is 0 Å². The lowest BCUT2D eigenvalue weighted by atomic mass is 10.0. The Kier molecular flexibility index (Phi) is 4.07. The SMILES string of the molecule is C=C1CCCC(=O)c2cnn3c(NC)cc(nc23)NC2CCCN1C2. The molecule has 2 N–H and O–H groups in total. The first kappa shape index (κ1) is 15.9. The van der Waals surface area contributed by atoms with Crippen LogP contribution in [0.4, 0.5) is 11.6 Å². The third-order valence-corrected chi connectivity index (χ3v) is 5.12. The van der Waals surface area contributed by atoms with E-state index < -0.39 is 0 Å². The van der Waals surface area contributed by atoms with Crippen molar-refractivity contribution in [1.82, 2.24) is 19.5 Å². The number of nitrogens with zero attached hydrogens (tertiary/aromatic N) is 4. The van der Waals surface area contributed by atoms with Crippen molar-refractivity contribution in [1.29, 1.82) is 0 Å². The van der Waals surface area contributed by atoms with E-state index in [9.17, 15) is 4.79 Å². The summed E-state index contributed by atoms with van der Waals surface area (Å²) in [6, 6.07) is 2.27. The van der Waals surface area contributed by atoms with Gasteiger partial charge in [0, 0.05) is 44.4 Å². The molecule has 1 fully saturated rings. The number of hydrogen-bond donors (Lipinski definition) is 2. The predicted molar refractivity (Wildman–Crippen MR) is 98.1 cm³/mol. The maximum Gasteiger partial charge on any atom is 0.170 e. The van der Waals surface area contributed by atoms with Gasteiger partial charge in [0.1, 0.15) is 11.6 Å². The van der Waals surface area contributed by atoms with Crippen LogP contribution in [0, 0.1) is 0 Å². The van der Waals surface area contributed by atoms with E-state index in [0.717, 1.165) is 56.1 Å². The molecule has 2 aromatic rings. The zero-order valence-corrected chi connectivity index (χ0v) is 14.6. The molecule has 132 valence electrons. The second-order valence-corrected chi connectivity index (χ2v) is 6.84. The Morgan fingerprint density at radius 2 is 2.24 bits per heavy atom. The Morgan fingerprint density at radius 3 is 3.08 bits per heavy atom. The average Bonchev–Trinajstić information content (AvgIpc) is 3.04. The molecule has 0 aliphatic carbocycles. The second kappa shape index (κ2) is 6.38. The summed E-state index contributed by atoms with van der Waals surface area (Å²) in [6.45, 7) is 6.22. The summed E-state index contributed by atoms with van der Waals surface area (Å²) < 4.78 is 1.70. The molecule has 4 heterocycles. The number of rotatable bonds is 1. The third kappa shape index (κ3) is 2.94. The van der Waals surface area contributed by atoms with Crippen molar-refractivity contribution in [2.45, 2.75) is 38.1 Å². The number of allylic oxidation sites excluding steroid dienone is 1. The first-order valence-corrected chi connectivity index (χ1v) is 8.94. The number of carbonyl (C=O) groups excluding carboxylic acids is 1. The van der Waals surface area contributed by atoms with Crippen molar-refractivity contribution in [3.63, 3.8) is 0 Å². The zero-order chi connectivity index (χ0) is 17.4. The third-order valence-electron chi connectivity index (χ3n) is 5.12. The van der Waals surface area contributed by atoms with E-state index in [-0.39, 0.29) is 5.78 Å². The van der Waals surface area contributed by atoms with Gasteiger partial charge in [0.15, 0.2) is 11.4 Å². The van der Waals surface area contributed by atoms with E-state index in [1.165, 1.54) is 0 Å². The van der Waals surface area contributed by atoms with E-state index in [0.29, 0.717) is 23.7 Å². The Balaban J connectivity index is 1.78. The van der Waals surface area contributed by atoms with Gasteiger partial charge < -0.3 is 15.5 Å². The van der Waals surface area contributed by atoms with Crippen molar-refractivity contribution in [3.8, 4) is 0 Å². The molecule has 0 spiro atoms. The van der Waals surface area contributed by atoms with Crippen molar-refractivity contribution >= 4 is 23.1 Å². The molecule has 1 saturated heterocycles. The van der Waals surface area contributed by atoms with Crippen LogP contribution >= 0.6 is 0 Å². The van der Waals surface area contributed by atoms with Crippen LogP contribution in [0.5, 0.6) is 0 Å². The summed E-state index contributed by atoms with van der Waals surface area (Å²) in [7, 11) is 1.85. The number of aromatic nitrogens is 3. The van der Waals surface area contributed by atoms with Crippen molar-refractivity contribution < 1.29 is 4.79 Å². The number of piperidine rings is 1. The summed E-state index contributed by atoms with van der Waals surface area (Å²) in [5, 5.41) is 11.0. The van der Waals surface area contributed by atoms with Crippen LogP contribution in [0.2, 0.25) is 0 Å². The summed E-state index contributed by atoms with van der Waals surface area (Å²) >= 11 is 0. The molecule has 7 nitrogen and oxygen atoms in total. The molecule has 7 heteroatoms. The van der Waals surface area contributed by atoms with Crippen molar-refractivity contribution in [2.24, 2.45) is 0 Å². The normalized spacial score (nSPS) is 21.5. The number of fused-ring (bicyclic) bond motifs is 3. The molecule has 4 rings (SSSR count). The van der Waals surface area contributed by atoms with E-state index >= 15 is 0 Å². The number of Topliss-reactive ketones (excluding diaryl/α,β-unsaturated/α-hetero) is 1. The molecule has 0 aromatic carbocycles. The van der Waals surface area contributed by atoms with Gasteiger partial charge in [-0.25, -0.2) is 4.98 Å². The summed E-state index contributed by atoms with van der Waals surface area (Å²) in [5.74, 6) is 1.69. The van der Waals surface area contributed by atoms with Crippen LogP contribution in [0.3, 0.4) is 0 Å². The molecular formula is C18H24N6O. The monoisotopic (exact) mass is 340 g/mol. The lowest BCUT2D eigenvalue weighted by Crippen LogP contribution is -2.41. The minimum absolute atomic E-state index is 0.0896. The first-order valence-electron chi connectivity index (χ1n) is 8.94. The van der Waals surface area contributed by atoms with Crippen LogP contribution in [0.25, 0.3) is 5.65 Å². The molecule has 4 bridgehead atoms. The molecule has 2 aliphatic heterocycles. The molecular weight excluding hydrogens is 316 g/mol. The number of ketones is 1. The van der Waals surface area contributed by atoms with E-state index in [2.05, 4.69) is 27.2 Å². The van der Waals surface area contributed by atoms with Crippen LogP contribution in [0.1, 0.15) is 42.5 Å². The predicted octanol–water partition coefficient (Wildman–Crippen LogP) is 2.53. The van der Waals surface area contributed by atoms with Gasteiger partial charge in [-0.1, -0.05) is 6.58 Å². The minimum atomic E-state index is 0.0896. The van der Waals surface area contributed by atoms with Crippen LogP contribution in [0.15, 0.2) is 24.5 Å². The quantitative estimate of drug-likeness (QED) is 0.831. The maximum atomic E-state index is 12.7. The molecule has 2 aliphatic rings. The smallest absolute Gasteiger partial charge is 0.170 e. The summed E-state index contributed by atoms with van der Waals surface area (Å²) in [4.78, 5) is 19.7. The molecule has 2 aromatic heterocycles. The van der Waals surface area contributed by atoms with Gasteiger partial charge in [-0.05, 0) is 25.7 Å². The van der Waals surface area contributed by atoms with Gasteiger partial charge in [0.05, 0.1) is 11.8 Å². The standard InChI is InChI=1S/C18H24N6O/c1-12-5-3-7-15(25)14-10-20-24-17(19-2)9-16(22-18(14)24)21-13-6-4-8-23(12)11-13/h9-10,13,19H,1,3-8,11H2,2H3,(H,21,22). The number of anilines is 2. The number of hydrogen-bond acceptors (Lipinski definition) is 6. The molecule has 25 heavy (non-hydrogen) atoms. The molecule has 0 radical (unpaired) electrons. The fourth-order valence-electron chi connectivity index (χ4n) is 3.75. The van der Waals surface area contributed by atoms with Gasteiger partial charge in [0.2, 0.25) is 0 Å². The Hall–Kier alpha value is -2.57. The van der Waals surface area contributed by atoms with Crippen LogP contribution < -0.4 is 10.6 Å². The largest absolute Gasteiger partial charge is 0.373 e. The highest BCUT2D eigenvalue weighted by atomic mass is 16.1. The highest BCUT2D eigenvalue weighted by Crippen LogP contribution is 2.25. The molecule has 0 saturated carbocycles. The number of nitrogens with one attached hydrogen (secondary N) is 2. The van der Waals surface area contributed by atoms with E-state index in [1.54, 1.807) is 10.7 Å². The zero-order valence-electron chi connectivity index (χ0n) is 14.6. The fourth-order valence-corrected chi connectivity index (χ4v) is 3.75. The number of carbonyl (C=O) groups is 1.